The Balaban J connectivity index is 1.32. The first kappa shape index (κ1) is 29.2. The molecule has 0 bridgehead atoms. The lowest BCUT2D eigenvalue weighted by atomic mass is 10.1. The van der Waals surface area contributed by atoms with Crippen LogP contribution in [0.2, 0.25) is 5.02 Å². The van der Waals surface area contributed by atoms with Crippen molar-refractivity contribution >= 4 is 61.6 Å². The van der Waals surface area contributed by atoms with Crippen molar-refractivity contribution < 1.29 is 27.5 Å². The van der Waals surface area contributed by atoms with Crippen LogP contribution >= 0.6 is 22.9 Å². The third kappa shape index (κ3) is 6.03. The van der Waals surface area contributed by atoms with E-state index in [0.29, 0.717) is 29.1 Å². The second-order valence-corrected chi connectivity index (χ2v) is 14.4. The number of nitrogens with two attached hydrogens (primary N) is 1. The van der Waals surface area contributed by atoms with Gasteiger partial charge in [-0.15, -0.1) is 11.3 Å². The van der Waals surface area contributed by atoms with E-state index in [1.165, 1.54) is 15.3 Å². The molecule has 2 aromatic carbocycles. The highest BCUT2D eigenvalue weighted by molar-refractivity contribution is 7.89. The van der Waals surface area contributed by atoms with E-state index in [9.17, 15) is 22.8 Å². The lowest BCUT2D eigenvalue weighted by Gasteiger charge is -2.38. The Morgan fingerprint density at radius 3 is 2.49 bits per heavy atom. The first-order valence-electron chi connectivity index (χ1n) is 13.0. The molecule has 11 nitrogen and oxygen atoms in total. The molecule has 2 aliphatic heterocycles. The summed E-state index contributed by atoms with van der Waals surface area (Å²) >= 11 is 7.19. The van der Waals surface area contributed by atoms with Gasteiger partial charge in [-0.1, -0.05) is 23.7 Å². The van der Waals surface area contributed by atoms with Crippen molar-refractivity contribution in [3.05, 3.63) is 57.0 Å². The van der Waals surface area contributed by atoms with Gasteiger partial charge in [0, 0.05) is 42.5 Å². The maximum atomic E-state index is 13.5. The van der Waals surface area contributed by atoms with Crippen molar-refractivity contribution in [1.29, 1.82) is 0 Å². The van der Waals surface area contributed by atoms with Crippen LogP contribution in [0.3, 0.4) is 0 Å². The second kappa shape index (κ2) is 10.9. The SMILES string of the molecule is CC(C)(C)OC(=O)N1CCc2nc(C(=O)N3CCN(S(=O)(=O)c4ccc5cc(Cl)ccc5c4)CC3C(N)=O)sc2C1. The predicted octanol–water partition coefficient (Wildman–Crippen LogP) is 3.24. The number of fused-ring (bicyclic) bond motifs is 2. The number of benzene rings is 2. The van der Waals surface area contributed by atoms with Gasteiger partial charge in [-0.05, 0) is 55.8 Å². The zero-order valence-corrected chi connectivity index (χ0v) is 25.2. The van der Waals surface area contributed by atoms with Crippen LogP contribution in [0.15, 0.2) is 41.3 Å². The van der Waals surface area contributed by atoms with Crippen LogP contribution in [0.5, 0.6) is 0 Å². The van der Waals surface area contributed by atoms with Crippen LogP contribution in [0.4, 0.5) is 4.79 Å². The van der Waals surface area contributed by atoms with Gasteiger partial charge in [0.05, 0.1) is 17.1 Å². The maximum Gasteiger partial charge on any atom is 0.410 e. The van der Waals surface area contributed by atoms with Gasteiger partial charge in [0.1, 0.15) is 11.6 Å². The van der Waals surface area contributed by atoms with Crippen LogP contribution in [0, 0.1) is 0 Å². The summed E-state index contributed by atoms with van der Waals surface area (Å²) in [5.41, 5.74) is 5.75. The molecular formula is C27H30ClN5O6S2. The quantitative estimate of drug-likeness (QED) is 0.472. The normalized spacial score (nSPS) is 18.3. The zero-order chi connectivity index (χ0) is 29.7. The minimum Gasteiger partial charge on any atom is -0.444 e. The van der Waals surface area contributed by atoms with Crippen molar-refractivity contribution in [1.82, 2.24) is 19.1 Å². The summed E-state index contributed by atoms with van der Waals surface area (Å²) in [6.45, 7) is 5.71. The smallest absolute Gasteiger partial charge is 0.410 e. The molecule has 41 heavy (non-hydrogen) atoms. The summed E-state index contributed by atoms with van der Waals surface area (Å²) in [5.74, 6) is -1.32. The molecule has 5 rings (SSSR count). The molecule has 0 spiro atoms. The Bertz CT molecular complexity index is 1650. The molecule has 2 N–H and O–H groups in total. The van der Waals surface area contributed by atoms with E-state index in [2.05, 4.69) is 4.98 Å². The third-order valence-corrected chi connectivity index (χ3v) is 10.1. The molecule has 3 heterocycles. The molecule has 1 atom stereocenters. The number of carbonyl (C=O) groups is 3. The molecule has 1 aromatic heterocycles. The van der Waals surface area contributed by atoms with Crippen molar-refractivity contribution in [3.63, 3.8) is 0 Å². The number of amides is 3. The van der Waals surface area contributed by atoms with Gasteiger partial charge in [0.25, 0.3) is 5.91 Å². The van der Waals surface area contributed by atoms with E-state index < -0.39 is 39.6 Å². The van der Waals surface area contributed by atoms with E-state index >= 15 is 0 Å². The molecular weight excluding hydrogens is 590 g/mol. The highest BCUT2D eigenvalue weighted by atomic mass is 35.5. The molecule has 0 aliphatic carbocycles. The molecule has 14 heteroatoms. The van der Waals surface area contributed by atoms with E-state index in [4.69, 9.17) is 22.1 Å². The number of thiazole rings is 1. The highest BCUT2D eigenvalue weighted by Gasteiger charge is 2.40. The number of piperazine rings is 1. The third-order valence-electron chi connectivity index (χ3n) is 6.91. The second-order valence-electron chi connectivity index (χ2n) is 11.0. The van der Waals surface area contributed by atoms with Crippen LogP contribution in [0.25, 0.3) is 10.8 Å². The Morgan fingerprint density at radius 2 is 1.78 bits per heavy atom. The molecule has 3 amide bonds. The Hall–Kier alpha value is -3.26. The zero-order valence-electron chi connectivity index (χ0n) is 22.8. The van der Waals surface area contributed by atoms with Crippen LogP contribution in [-0.4, -0.2) is 83.2 Å². The van der Waals surface area contributed by atoms with Crippen LogP contribution in [-0.2, 0) is 32.5 Å². The average Bonchev–Trinajstić information content (AvgIpc) is 3.34. The lowest BCUT2D eigenvalue weighted by Crippen LogP contribution is -2.60. The standard InChI is InChI=1S/C27H30ClN5O6S2/c1-27(2,3)39-26(36)31-9-8-20-22(15-31)40-24(30-20)25(35)33-11-10-32(14-21(33)23(29)34)41(37,38)19-7-5-16-12-18(28)6-4-17(16)13-19/h4-7,12-13,21H,8-11,14-15H2,1-3H3,(H2,29,34). The Labute approximate surface area is 246 Å². The fraction of sp³-hybridized carbons (Fsp3) is 0.407. The first-order valence-corrected chi connectivity index (χ1v) is 15.6. The van der Waals surface area contributed by atoms with Gasteiger partial charge in [-0.25, -0.2) is 18.2 Å². The molecule has 218 valence electrons. The van der Waals surface area contributed by atoms with E-state index in [-0.39, 0.29) is 36.1 Å². The number of nitrogens with zero attached hydrogens (tertiary/aromatic N) is 4. The predicted molar refractivity (Wildman–Crippen MR) is 154 cm³/mol. The summed E-state index contributed by atoms with van der Waals surface area (Å²) in [7, 11) is -3.98. The van der Waals surface area contributed by atoms with Crippen LogP contribution < -0.4 is 5.73 Å². The number of primary amides is 1. The average molecular weight is 620 g/mol. The fourth-order valence-electron chi connectivity index (χ4n) is 4.86. The summed E-state index contributed by atoms with van der Waals surface area (Å²) in [5, 5.41) is 2.20. The first-order chi connectivity index (χ1) is 19.2. The van der Waals surface area contributed by atoms with Gasteiger partial charge in [-0.2, -0.15) is 4.31 Å². The van der Waals surface area contributed by atoms with Crippen molar-refractivity contribution in [3.8, 4) is 0 Å². The van der Waals surface area contributed by atoms with Gasteiger partial charge in [-0.3, -0.25) is 9.59 Å². The Morgan fingerprint density at radius 1 is 1.07 bits per heavy atom. The van der Waals surface area contributed by atoms with E-state index in [1.807, 2.05) is 0 Å². The van der Waals surface area contributed by atoms with Gasteiger partial charge >= 0.3 is 6.09 Å². The number of halogens is 1. The minimum atomic E-state index is -3.98. The number of hydrogen-bond donors (Lipinski definition) is 1. The topological polar surface area (TPSA) is 143 Å². The number of ether oxygens (including phenoxy) is 1. The molecule has 2 aliphatic rings. The summed E-state index contributed by atoms with van der Waals surface area (Å²) in [4.78, 5) is 46.7. The van der Waals surface area contributed by atoms with Gasteiger partial charge < -0.3 is 20.3 Å². The molecule has 1 unspecified atom stereocenters. The van der Waals surface area contributed by atoms with Crippen LogP contribution in [0.1, 0.15) is 41.1 Å². The number of hydrogen-bond acceptors (Lipinski definition) is 8. The lowest BCUT2D eigenvalue weighted by molar-refractivity contribution is -0.123. The van der Waals surface area contributed by atoms with E-state index in [0.717, 1.165) is 21.6 Å². The number of rotatable bonds is 4. The van der Waals surface area contributed by atoms with E-state index in [1.54, 1.807) is 56.0 Å². The summed E-state index contributed by atoms with van der Waals surface area (Å²) in [6, 6.07) is 8.70. The fourth-order valence-corrected chi connectivity index (χ4v) is 7.59. The number of carbonyl (C=O) groups excluding carboxylic acids is 3. The molecule has 3 aromatic rings. The monoisotopic (exact) mass is 619 g/mol. The van der Waals surface area contributed by atoms with Crippen molar-refractivity contribution in [2.75, 3.05) is 26.2 Å². The molecule has 1 fully saturated rings. The number of aromatic nitrogens is 1. The van der Waals surface area contributed by atoms with Crippen molar-refractivity contribution in [2.45, 2.75) is 50.3 Å². The Kier molecular flexibility index (Phi) is 7.74. The summed E-state index contributed by atoms with van der Waals surface area (Å²) in [6.07, 6.45) is 0.0208. The highest BCUT2D eigenvalue weighted by Crippen LogP contribution is 2.30. The van der Waals surface area contributed by atoms with Gasteiger partial charge in [0.2, 0.25) is 15.9 Å². The largest absolute Gasteiger partial charge is 0.444 e. The minimum absolute atomic E-state index is 0.0198. The maximum absolute atomic E-state index is 13.5. The summed E-state index contributed by atoms with van der Waals surface area (Å²) < 4.78 is 33.7. The van der Waals surface area contributed by atoms with Crippen molar-refractivity contribution in [2.24, 2.45) is 5.73 Å². The number of sulfonamides is 1. The van der Waals surface area contributed by atoms with Gasteiger partial charge in [0.15, 0.2) is 5.01 Å². The molecule has 0 saturated carbocycles. The molecule has 0 radical (unpaired) electrons. The molecule has 1 saturated heterocycles.